The van der Waals surface area contributed by atoms with Gasteiger partial charge in [0.2, 0.25) is 5.91 Å². The molecule has 0 unspecified atom stereocenters. The van der Waals surface area contributed by atoms with Crippen molar-refractivity contribution in [3.63, 3.8) is 0 Å². The maximum atomic E-state index is 10.9. The molecule has 0 aliphatic heterocycles. The third-order valence-electron chi connectivity index (χ3n) is 1.75. The summed E-state index contributed by atoms with van der Waals surface area (Å²) >= 11 is 1.54. The number of thiophene rings is 1. The fourth-order valence-electron chi connectivity index (χ4n) is 1.17. The number of hydrogen-bond acceptors (Lipinski definition) is 3. The number of hydrogen-bond donors (Lipinski definition) is 2. The van der Waals surface area contributed by atoms with E-state index in [1.165, 1.54) is 0 Å². The zero-order valence-corrected chi connectivity index (χ0v) is 8.53. The van der Waals surface area contributed by atoms with Crippen LogP contribution in [0.3, 0.4) is 0 Å². The molecule has 0 radical (unpaired) electrons. The Kier molecular flexibility index (Phi) is 3.82. The van der Waals surface area contributed by atoms with Crippen molar-refractivity contribution in [2.45, 2.75) is 0 Å². The van der Waals surface area contributed by atoms with Crippen molar-refractivity contribution >= 4 is 33.8 Å². The van der Waals surface area contributed by atoms with Crippen LogP contribution in [-0.4, -0.2) is 17.5 Å². The van der Waals surface area contributed by atoms with E-state index in [9.17, 15) is 4.79 Å². The molecule has 78 valence electrons. The van der Waals surface area contributed by atoms with Crippen molar-refractivity contribution in [1.82, 2.24) is 0 Å². The molecule has 0 fully saturated rings. The first-order chi connectivity index (χ1) is 7.20. The van der Waals surface area contributed by atoms with E-state index < -0.39 is 0 Å². The fraction of sp³-hybridized carbons (Fsp3) is 0. The molecule has 2 rings (SSSR count). The fourth-order valence-corrected chi connectivity index (χ4v) is 2.12. The first-order valence-electron chi connectivity index (χ1n) is 4.04. The van der Waals surface area contributed by atoms with Gasteiger partial charge in [0.05, 0.1) is 5.56 Å². The van der Waals surface area contributed by atoms with Gasteiger partial charge in [-0.3, -0.25) is 9.59 Å². The van der Waals surface area contributed by atoms with E-state index in [1.54, 1.807) is 16.7 Å². The van der Waals surface area contributed by atoms with Gasteiger partial charge >= 0.3 is 0 Å². The van der Waals surface area contributed by atoms with Crippen molar-refractivity contribution in [2.24, 2.45) is 5.73 Å². The van der Waals surface area contributed by atoms with Crippen LogP contribution in [0.2, 0.25) is 0 Å². The third-order valence-corrected chi connectivity index (χ3v) is 2.71. The van der Waals surface area contributed by atoms with Crippen LogP contribution in [0.15, 0.2) is 29.6 Å². The molecule has 1 amide bonds. The Balaban J connectivity index is 0.000000337. The number of carboxylic acid groups (broad SMARTS) is 1. The SMILES string of the molecule is NC(=O)c1csc2ccccc12.O=CO. The minimum absolute atomic E-state index is 0.250. The Morgan fingerprint density at radius 3 is 2.60 bits per heavy atom. The maximum absolute atomic E-state index is 10.9. The monoisotopic (exact) mass is 223 g/mol. The van der Waals surface area contributed by atoms with Crippen molar-refractivity contribution < 1.29 is 14.7 Å². The van der Waals surface area contributed by atoms with Crippen molar-refractivity contribution in [1.29, 1.82) is 0 Å². The lowest BCUT2D eigenvalue weighted by Crippen LogP contribution is -2.09. The Labute approximate surface area is 89.9 Å². The molecule has 1 aromatic carbocycles. The third kappa shape index (κ3) is 2.54. The summed E-state index contributed by atoms with van der Waals surface area (Å²) in [6.07, 6.45) is 0. The van der Waals surface area contributed by atoms with Crippen LogP contribution in [0.1, 0.15) is 10.4 Å². The Morgan fingerprint density at radius 2 is 2.00 bits per heavy atom. The second kappa shape index (κ2) is 5.11. The minimum Gasteiger partial charge on any atom is -0.483 e. The predicted octanol–water partition coefficient (Wildman–Crippen LogP) is 1.70. The second-order valence-electron chi connectivity index (χ2n) is 2.62. The van der Waals surface area contributed by atoms with Crippen LogP contribution in [0.4, 0.5) is 0 Å². The summed E-state index contributed by atoms with van der Waals surface area (Å²) in [5, 5.41) is 9.64. The largest absolute Gasteiger partial charge is 0.483 e. The first kappa shape index (κ1) is 11.2. The van der Waals surface area contributed by atoms with E-state index in [-0.39, 0.29) is 12.4 Å². The molecule has 0 atom stereocenters. The highest BCUT2D eigenvalue weighted by molar-refractivity contribution is 7.17. The van der Waals surface area contributed by atoms with Crippen molar-refractivity contribution in [2.75, 3.05) is 0 Å². The molecule has 5 heteroatoms. The summed E-state index contributed by atoms with van der Waals surface area (Å²) < 4.78 is 1.10. The molecular formula is C10H9NO3S. The average molecular weight is 223 g/mol. The smallest absolute Gasteiger partial charge is 0.290 e. The molecule has 0 aliphatic rings. The van der Waals surface area contributed by atoms with Crippen LogP contribution in [-0.2, 0) is 4.79 Å². The Hall–Kier alpha value is -1.88. The highest BCUT2D eigenvalue weighted by Crippen LogP contribution is 2.24. The van der Waals surface area contributed by atoms with E-state index in [4.69, 9.17) is 15.6 Å². The Morgan fingerprint density at radius 1 is 1.40 bits per heavy atom. The number of rotatable bonds is 1. The molecule has 4 nitrogen and oxygen atoms in total. The number of carbonyl (C=O) groups excluding carboxylic acids is 1. The van der Waals surface area contributed by atoms with E-state index in [0.717, 1.165) is 10.1 Å². The Bertz CT molecular complexity index is 478. The quantitative estimate of drug-likeness (QED) is 0.722. The van der Waals surface area contributed by atoms with E-state index >= 15 is 0 Å². The zero-order chi connectivity index (χ0) is 11.3. The molecule has 0 bridgehead atoms. The van der Waals surface area contributed by atoms with Crippen molar-refractivity contribution in [3.05, 3.63) is 35.2 Å². The van der Waals surface area contributed by atoms with Crippen LogP contribution >= 0.6 is 11.3 Å². The van der Waals surface area contributed by atoms with Crippen LogP contribution < -0.4 is 5.73 Å². The molecule has 0 saturated heterocycles. The van der Waals surface area contributed by atoms with E-state index in [0.29, 0.717) is 5.56 Å². The minimum atomic E-state index is -0.354. The summed E-state index contributed by atoms with van der Waals surface area (Å²) in [7, 11) is 0. The van der Waals surface area contributed by atoms with Gasteiger partial charge in [0, 0.05) is 15.5 Å². The normalized spacial score (nSPS) is 9.07. The van der Waals surface area contributed by atoms with Crippen LogP contribution in [0.5, 0.6) is 0 Å². The summed E-state index contributed by atoms with van der Waals surface area (Å²) in [5.74, 6) is -0.354. The number of nitrogens with two attached hydrogens (primary N) is 1. The van der Waals surface area contributed by atoms with Gasteiger partial charge in [0.25, 0.3) is 6.47 Å². The maximum Gasteiger partial charge on any atom is 0.290 e. The molecule has 1 aromatic heterocycles. The standard InChI is InChI=1S/C9H7NOS.CH2O2/c10-9(11)7-5-12-8-4-2-1-3-6(7)8;2-1-3/h1-5H,(H2,10,11);1H,(H,2,3). The lowest BCUT2D eigenvalue weighted by molar-refractivity contribution is -0.122. The number of fused-ring (bicyclic) bond motifs is 1. The molecule has 3 N–H and O–H groups in total. The summed E-state index contributed by atoms with van der Waals surface area (Å²) in [6, 6.07) is 7.74. The number of carbonyl (C=O) groups is 2. The second-order valence-corrected chi connectivity index (χ2v) is 3.53. The predicted molar refractivity (Wildman–Crippen MR) is 59.0 cm³/mol. The van der Waals surface area contributed by atoms with Crippen LogP contribution in [0, 0.1) is 0 Å². The highest BCUT2D eigenvalue weighted by Gasteiger charge is 2.06. The topological polar surface area (TPSA) is 80.4 Å². The first-order valence-corrected chi connectivity index (χ1v) is 4.92. The highest BCUT2D eigenvalue weighted by atomic mass is 32.1. The molecule has 0 spiro atoms. The van der Waals surface area contributed by atoms with Gasteiger partial charge in [-0.15, -0.1) is 11.3 Å². The van der Waals surface area contributed by atoms with Gasteiger partial charge in [-0.1, -0.05) is 18.2 Å². The number of benzene rings is 1. The molecule has 0 aliphatic carbocycles. The van der Waals surface area contributed by atoms with Crippen molar-refractivity contribution in [3.8, 4) is 0 Å². The van der Waals surface area contributed by atoms with Crippen LogP contribution in [0.25, 0.3) is 10.1 Å². The van der Waals surface area contributed by atoms with Gasteiger partial charge in [-0.2, -0.15) is 0 Å². The van der Waals surface area contributed by atoms with Gasteiger partial charge in [-0.05, 0) is 6.07 Å². The summed E-state index contributed by atoms with van der Waals surface area (Å²) in [4.78, 5) is 19.3. The van der Waals surface area contributed by atoms with Gasteiger partial charge < -0.3 is 10.8 Å². The molecular weight excluding hydrogens is 214 g/mol. The summed E-state index contributed by atoms with van der Waals surface area (Å²) in [5.41, 5.74) is 5.81. The zero-order valence-electron chi connectivity index (χ0n) is 7.71. The van der Waals surface area contributed by atoms with Gasteiger partial charge in [0.1, 0.15) is 0 Å². The molecule has 0 saturated carbocycles. The summed E-state index contributed by atoms with van der Waals surface area (Å²) in [6.45, 7) is -0.250. The molecule has 2 aromatic rings. The van der Waals surface area contributed by atoms with E-state index in [1.807, 2.05) is 24.3 Å². The molecule has 1 heterocycles. The number of primary amides is 1. The van der Waals surface area contributed by atoms with Gasteiger partial charge in [-0.25, -0.2) is 0 Å². The molecule has 15 heavy (non-hydrogen) atoms. The lowest BCUT2D eigenvalue weighted by atomic mass is 10.2. The average Bonchev–Trinajstić information content (AvgIpc) is 2.62. The van der Waals surface area contributed by atoms with Gasteiger partial charge in [0.15, 0.2) is 0 Å². The van der Waals surface area contributed by atoms with E-state index in [2.05, 4.69) is 0 Å². The number of amides is 1. The lowest BCUT2D eigenvalue weighted by Gasteiger charge is -1.90.